The van der Waals surface area contributed by atoms with Crippen molar-refractivity contribution in [2.75, 3.05) is 11.0 Å². The minimum absolute atomic E-state index is 0.124. The molecule has 0 bridgehead atoms. The highest BCUT2D eigenvalue weighted by Crippen LogP contribution is 2.31. The van der Waals surface area contributed by atoms with Crippen LogP contribution in [0.2, 0.25) is 5.02 Å². The molecule has 2 aromatic carbocycles. The fourth-order valence-corrected chi connectivity index (χ4v) is 3.53. The molecule has 0 heterocycles. The molecule has 2 aromatic rings. The summed E-state index contributed by atoms with van der Waals surface area (Å²) >= 11 is 6.05. The molecule has 0 aromatic heterocycles. The smallest absolute Gasteiger partial charge is 0.254 e. The summed E-state index contributed by atoms with van der Waals surface area (Å²) in [4.78, 5) is 14.9. The Labute approximate surface area is 159 Å². The van der Waals surface area contributed by atoms with Gasteiger partial charge in [-0.2, -0.15) is 0 Å². The first-order valence-corrected chi connectivity index (χ1v) is 10.6. The van der Waals surface area contributed by atoms with Gasteiger partial charge in [0.25, 0.3) is 5.91 Å². The van der Waals surface area contributed by atoms with Crippen LogP contribution in [-0.2, 0) is 16.6 Å². The zero-order valence-electron chi connectivity index (χ0n) is 14.7. The molecule has 138 valence electrons. The number of sulfonamides is 1. The summed E-state index contributed by atoms with van der Waals surface area (Å²) in [6.07, 6.45) is 3.02. The van der Waals surface area contributed by atoms with Gasteiger partial charge < -0.3 is 4.90 Å². The van der Waals surface area contributed by atoms with Crippen LogP contribution in [-0.4, -0.2) is 31.5 Å². The van der Waals surface area contributed by atoms with Crippen LogP contribution in [0.3, 0.4) is 0 Å². The van der Waals surface area contributed by atoms with E-state index >= 15 is 0 Å². The number of carbonyl (C=O) groups is 1. The number of nitrogens with one attached hydrogen (secondary N) is 1. The molecule has 0 spiro atoms. The number of hydrogen-bond acceptors (Lipinski definition) is 3. The van der Waals surface area contributed by atoms with Crippen LogP contribution < -0.4 is 4.72 Å². The lowest BCUT2D eigenvalue weighted by Crippen LogP contribution is -2.32. The largest absolute Gasteiger partial charge is 0.331 e. The molecule has 26 heavy (non-hydrogen) atoms. The Morgan fingerprint density at radius 2 is 1.85 bits per heavy atom. The average molecular weight is 393 g/mol. The van der Waals surface area contributed by atoms with Gasteiger partial charge in [-0.3, -0.25) is 9.52 Å². The fourth-order valence-electron chi connectivity index (χ4n) is 2.75. The van der Waals surface area contributed by atoms with Gasteiger partial charge in [0.2, 0.25) is 10.0 Å². The predicted octanol–water partition coefficient (Wildman–Crippen LogP) is 3.82. The Balaban J connectivity index is 1.85. The third-order valence-electron chi connectivity index (χ3n) is 4.23. The molecule has 1 amide bonds. The molecular formula is C19H21ClN2O3S. The van der Waals surface area contributed by atoms with Crippen LogP contribution in [0.4, 0.5) is 5.69 Å². The van der Waals surface area contributed by atoms with E-state index in [1.807, 2.05) is 36.1 Å². The first-order chi connectivity index (χ1) is 12.2. The molecule has 0 unspecified atom stereocenters. The zero-order valence-corrected chi connectivity index (χ0v) is 16.3. The maximum absolute atomic E-state index is 13.0. The highest BCUT2D eigenvalue weighted by Gasteiger charge is 2.33. The van der Waals surface area contributed by atoms with Crippen LogP contribution in [0.5, 0.6) is 0 Å². The molecule has 0 saturated heterocycles. The normalized spacial score (nSPS) is 14.1. The van der Waals surface area contributed by atoms with Gasteiger partial charge in [0, 0.05) is 18.2 Å². The average Bonchev–Trinajstić information content (AvgIpc) is 3.39. The van der Waals surface area contributed by atoms with Crippen molar-refractivity contribution in [2.24, 2.45) is 0 Å². The highest BCUT2D eigenvalue weighted by molar-refractivity contribution is 7.92. The van der Waals surface area contributed by atoms with Crippen LogP contribution in [0, 0.1) is 6.92 Å². The molecule has 1 saturated carbocycles. The summed E-state index contributed by atoms with van der Waals surface area (Å²) in [5.41, 5.74) is 2.87. The first-order valence-electron chi connectivity index (χ1n) is 8.37. The van der Waals surface area contributed by atoms with E-state index in [0.29, 0.717) is 12.1 Å². The van der Waals surface area contributed by atoms with Crippen LogP contribution in [0.25, 0.3) is 0 Å². The molecule has 1 aliphatic rings. The van der Waals surface area contributed by atoms with E-state index in [4.69, 9.17) is 11.6 Å². The van der Waals surface area contributed by atoms with Gasteiger partial charge >= 0.3 is 0 Å². The Bertz CT molecular complexity index is 922. The Morgan fingerprint density at radius 1 is 1.19 bits per heavy atom. The van der Waals surface area contributed by atoms with Gasteiger partial charge in [-0.15, -0.1) is 0 Å². The van der Waals surface area contributed by atoms with E-state index in [0.717, 1.165) is 24.7 Å². The number of halogens is 1. The van der Waals surface area contributed by atoms with Crippen molar-refractivity contribution in [3.8, 4) is 0 Å². The number of anilines is 1. The zero-order chi connectivity index (χ0) is 18.9. The number of amides is 1. The summed E-state index contributed by atoms with van der Waals surface area (Å²) in [6, 6.07) is 13.0. The number of hydrogen-bond donors (Lipinski definition) is 1. The van der Waals surface area contributed by atoms with Crippen molar-refractivity contribution in [1.29, 1.82) is 0 Å². The standard InChI is InChI=1S/C19H21ClN2O3S/c1-13-3-5-14(6-4-13)12-22(16-8-9-16)19(23)15-7-10-17(20)18(11-15)21-26(2,24)25/h3-7,10-11,16,21H,8-9,12H2,1-2H3. The lowest BCUT2D eigenvalue weighted by atomic mass is 10.1. The molecule has 7 heteroatoms. The minimum atomic E-state index is -3.48. The summed E-state index contributed by atoms with van der Waals surface area (Å²) in [5, 5.41) is 0.253. The van der Waals surface area contributed by atoms with E-state index in [1.54, 1.807) is 12.1 Å². The summed E-state index contributed by atoms with van der Waals surface area (Å²) < 4.78 is 25.3. The Hall–Kier alpha value is -2.05. The summed E-state index contributed by atoms with van der Waals surface area (Å²) in [7, 11) is -3.48. The van der Waals surface area contributed by atoms with Gasteiger partial charge in [-0.05, 0) is 43.5 Å². The van der Waals surface area contributed by atoms with Crippen LogP contribution in [0.1, 0.15) is 34.3 Å². The van der Waals surface area contributed by atoms with E-state index in [-0.39, 0.29) is 22.7 Å². The molecule has 1 aliphatic carbocycles. The van der Waals surface area contributed by atoms with Gasteiger partial charge in [0.05, 0.1) is 17.0 Å². The number of rotatable bonds is 6. The fraction of sp³-hybridized carbons (Fsp3) is 0.316. The predicted molar refractivity (Wildman–Crippen MR) is 104 cm³/mol. The quantitative estimate of drug-likeness (QED) is 0.812. The molecule has 0 radical (unpaired) electrons. The van der Waals surface area contributed by atoms with Gasteiger partial charge in [-0.1, -0.05) is 41.4 Å². The second kappa shape index (κ2) is 7.29. The molecule has 1 fully saturated rings. The highest BCUT2D eigenvalue weighted by atomic mass is 35.5. The third kappa shape index (κ3) is 4.77. The second-order valence-corrected chi connectivity index (χ2v) is 8.87. The maximum Gasteiger partial charge on any atom is 0.254 e. The molecule has 0 atom stereocenters. The molecule has 3 rings (SSSR count). The van der Waals surface area contributed by atoms with Crippen molar-refractivity contribution in [2.45, 2.75) is 32.4 Å². The van der Waals surface area contributed by atoms with Gasteiger partial charge in [0.15, 0.2) is 0 Å². The number of benzene rings is 2. The van der Waals surface area contributed by atoms with Crippen molar-refractivity contribution < 1.29 is 13.2 Å². The van der Waals surface area contributed by atoms with E-state index in [9.17, 15) is 13.2 Å². The van der Waals surface area contributed by atoms with E-state index in [1.165, 1.54) is 11.6 Å². The Morgan fingerprint density at radius 3 is 2.42 bits per heavy atom. The van der Waals surface area contributed by atoms with Crippen LogP contribution >= 0.6 is 11.6 Å². The number of carbonyl (C=O) groups excluding carboxylic acids is 1. The third-order valence-corrected chi connectivity index (χ3v) is 5.15. The molecule has 5 nitrogen and oxygen atoms in total. The van der Waals surface area contributed by atoms with Gasteiger partial charge in [0.1, 0.15) is 0 Å². The minimum Gasteiger partial charge on any atom is -0.331 e. The van der Waals surface area contributed by atoms with Crippen molar-refractivity contribution in [3.05, 3.63) is 64.2 Å². The number of nitrogens with zero attached hydrogens (tertiary/aromatic N) is 1. The van der Waals surface area contributed by atoms with E-state index in [2.05, 4.69) is 4.72 Å². The molecular weight excluding hydrogens is 372 g/mol. The lowest BCUT2D eigenvalue weighted by Gasteiger charge is -2.23. The molecule has 0 aliphatic heterocycles. The topological polar surface area (TPSA) is 66.5 Å². The van der Waals surface area contributed by atoms with Crippen LogP contribution in [0.15, 0.2) is 42.5 Å². The number of aryl methyl sites for hydroxylation is 1. The molecule has 1 N–H and O–H groups in total. The second-order valence-electron chi connectivity index (χ2n) is 6.72. The Kier molecular flexibility index (Phi) is 5.25. The van der Waals surface area contributed by atoms with Crippen molar-refractivity contribution in [1.82, 2.24) is 4.90 Å². The SMILES string of the molecule is Cc1ccc(CN(C(=O)c2ccc(Cl)c(NS(C)(=O)=O)c2)C2CC2)cc1. The maximum atomic E-state index is 13.0. The van der Waals surface area contributed by atoms with E-state index < -0.39 is 10.0 Å². The summed E-state index contributed by atoms with van der Waals surface area (Å²) in [6.45, 7) is 2.55. The monoisotopic (exact) mass is 392 g/mol. The van der Waals surface area contributed by atoms with Gasteiger partial charge in [-0.25, -0.2) is 8.42 Å². The van der Waals surface area contributed by atoms with Crippen molar-refractivity contribution >= 4 is 33.2 Å². The lowest BCUT2D eigenvalue weighted by molar-refractivity contribution is 0.0730. The first kappa shape index (κ1) is 18.7. The van der Waals surface area contributed by atoms with Crippen molar-refractivity contribution in [3.63, 3.8) is 0 Å². The summed E-state index contributed by atoms with van der Waals surface area (Å²) in [5.74, 6) is -0.124.